The number of carbonyl (C=O) groups is 1. The quantitative estimate of drug-likeness (QED) is 0.680. The van der Waals surface area contributed by atoms with Crippen LogP contribution in [0.2, 0.25) is 0 Å². The summed E-state index contributed by atoms with van der Waals surface area (Å²) in [4.78, 5) is 13.2. The van der Waals surface area contributed by atoms with Crippen LogP contribution in [0.15, 0.2) is 12.4 Å². The number of thioether (sulfide) groups is 1. The lowest BCUT2D eigenvalue weighted by Crippen LogP contribution is -2.48. The van der Waals surface area contributed by atoms with E-state index in [1.54, 1.807) is 6.20 Å². The number of carbonyl (C=O) groups excluding carboxylic acids is 1. The van der Waals surface area contributed by atoms with E-state index in [-0.39, 0.29) is 10.7 Å². The van der Waals surface area contributed by atoms with E-state index in [9.17, 15) is 4.79 Å². The molecule has 2 aliphatic rings. The Balaban J connectivity index is 1.73. The largest absolute Gasteiger partial charge is 0.329 e. The molecule has 80 valence electrons. The molecule has 6 heteroatoms. The normalized spacial score (nSPS) is 34.1. The molecule has 3 heterocycles. The van der Waals surface area contributed by atoms with Gasteiger partial charge in [0.2, 0.25) is 5.91 Å². The molecule has 0 saturated carbocycles. The summed E-state index contributed by atoms with van der Waals surface area (Å²) in [6, 6.07) is 0. The second kappa shape index (κ2) is 2.98. The van der Waals surface area contributed by atoms with Crippen LogP contribution < -0.4 is 0 Å². The van der Waals surface area contributed by atoms with Crippen molar-refractivity contribution >= 4 is 17.7 Å². The summed E-state index contributed by atoms with van der Waals surface area (Å²) in [6.07, 6.45) is 4.25. The number of hydrogen-bond donors (Lipinski definition) is 0. The second-order valence-electron chi connectivity index (χ2n) is 4.35. The van der Waals surface area contributed by atoms with Gasteiger partial charge in [-0.05, 0) is 6.92 Å². The first-order valence-corrected chi connectivity index (χ1v) is 5.86. The first kappa shape index (κ1) is 9.21. The van der Waals surface area contributed by atoms with Gasteiger partial charge in [0.15, 0.2) is 0 Å². The predicted octanol–water partition coefficient (Wildman–Crippen LogP) is 0.342. The van der Waals surface area contributed by atoms with Crippen molar-refractivity contribution in [3.8, 4) is 0 Å². The number of β-lactam (4-membered cyclic amide) rings is 1. The SMILES string of the molecule is C[C@]1(Cn2ccnn2)CN2C(=O)C[C@@H]2S1. The van der Waals surface area contributed by atoms with Crippen molar-refractivity contribution in [3.63, 3.8) is 0 Å². The van der Waals surface area contributed by atoms with Gasteiger partial charge in [0, 0.05) is 12.7 Å². The van der Waals surface area contributed by atoms with Crippen molar-refractivity contribution in [3.05, 3.63) is 12.4 Å². The van der Waals surface area contributed by atoms with Gasteiger partial charge in [-0.1, -0.05) is 5.21 Å². The maximum absolute atomic E-state index is 11.3. The third kappa shape index (κ3) is 1.43. The van der Waals surface area contributed by atoms with E-state index in [2.05, 4.69) is 17.2 Å². The fourth-order valence-electron chi connectivity index (χ4n) is 2.19. The minimum atomic E-state index is 0.0878. The number of rotatable bonds is 2. The van der Waals surface area contributed by atoms with Crippen molar-refractivity contribution in [2.24, 2.45) is 0 Å². The number of hydrogen-bond acceptors (Lipinski definition) is 4. The summed E-state index contributed by atoms with van der Waals surface area (Å²) in [5.74, 6) is 0.287. The summed E-state index contributed by atoms with van der Waals surface area (Å²) in [7, 11) is 0. The molecule has 0 unspecified atom stereocenters. The maximum Gasteiger partial charge on any atom is 0.226 e. The van der Waals surface area contributed by atoms with E-state index in [1.807, 2.05) is 27.5 Å². The average molecular weight is 224 g/mol. The van der Waals surface area contributed by atoms with Gasteiger partial charge in [-0.2, -0.15) is 0 Å². The summed E-state index contributed by atoms with van der Waals surface area (Å²) < 4.78 is 1.92. The molecule has 1 aromatic heterocycles. The predicted molar refractivity (Wildman–Crippen MR) is 56.1 cm³/mol. The Morgan fingerprint density at radius 1 is 1.73 bits per heavy atom. The van der Waals surface area contributed by atoms with Crippen LogP contribution in [0.3, 0.4) is 0 Å². The Hall–Kier alpha value is -1.04. The van der Waals surface area contributed by atoms with Gasteiger partial charge in [0.1, 0.15) is 0 Å². The number of fused-ring (bicyclic) bond motifs is 1. The molecule has 0 spiro atoms. The van der Waals surface area contributed by atoms with Crippen LogP contribution in [-0.4, -0.2) is 42.5 Å². The monoisotopic (exact) mass is 224 g/mol. The van der Waals surface area contributed by atoms with Crippen LogP contribution in [0.1, 0.15) is 13.3 Å². The smallest absolute Gasteiger partial charge is 0.226 e. The van der Waals surface area contributed by atoms with Crippen molar-refractivity contribution in [2.75, 3.05) is 6.54 Å². The van der Waals surface area contributed by atoms with Crippen LogP contribution >= 0.6 is 11.8 Å². The Morgan fingerprint density at radius 2 is 2.60 bits per heavy atom. The first-order valence-electron chi connectivity index (χ1n) is 4.98. The minimum absolute atomic E-state index is 0.0878. The molecule has 0 aromatic carbocycles. The van der Waals surface area contributed by atoms with E-state index in [1.165, 1.54) is 0 Å². The zero-order valence-electron chi connectivity index (χ0n) is 8.46. The molecule has 2 saturated heterocycles. The van der Waals surface area contributed by atoms with E-state index < -0.39 is 0 Å². The number of nitrogens with zero attached hydrogens (tertiary/aromatic N) is 4. The van der Waals surface area contributed by atoms with E-state index in [4.69, 9.17) is 0 Å². The molecule has 0 radical (unpaired) electrons. The molecule has 0 N–H and O–H groups in total. The fraction of sp³-hybridized carbons (Fsp3) is 0.667. The first-order chi connectivity index (χ1) is 7.16. The molecule has 2 fully saturated rings. The molecule has 5 nitrogen and oxygen atoms in total. The van der Waals surface area contributed by atoms with Crippen molar-refractivity contribution in [1.29, 1.82) is 0 Å². The standard InChI is InChI=1S/C9H12N4OS/c1-9(5-12-3-2-10-11-12)6-13-7(14)4-8(13)15-9/h2-3,8H,4-6H2,1H3/t8-,9-/m0/s1. The molecular formula is C9H12N4OS. The van der Waals surface area contributed by atoms with E-state index in [0.717, 1.165) is 13.1 Å². The summed E-state index contributed by atoms with van der Waals surface area (Å²) in [5, 5.41) is 8.16. The van der Waals surface area contributed by atoms with Crippen molar-refractivity contribution < 1.29 is 4.79 Å². The Morgan fingerprint density at radius 3 is 3.20 bits per heavy atom. The van der Waals surface area contributed by atoms with Crippen LogP contribution in [0.4, 0.5) is 0 Å². The zero-order valence-corrected chi connectivity index (χ0v) is 9.28. The van der Waals surface area contributed by atoms with Gasteiger partial charge in [-0.3, -0.25) is 9.48 Å². The van der Waals surface area contributed by atoms with Crippen molar-refractivity contribution in [1.82, 2.24) is 19.9 Å². The average Bonchev–Trinajstić information content (AvgIpc) is 2.74. The van der Waals surface area contributed by atoms with Crippen molar-refractivity contribution in [2.45, 2.75) is 30.0 Å². The van der Waals surface area contributed by atoms with Crippen LogP contribution in [-0.2, 0) is 11.3 Å². The summed E-state index contributed by atoms with van der Waals surface area (Å²) >= 11 is 1.88. The molecule has 15 heavy (non-hydrogen) atoms. The highest BCUT2D eigenvalue weighted by atomic mass is 32.2. The molecule has 1 aromatic rings. The molecule has 0 aliphatic carbocycles. The summed E-state index contributed by atoms with van der Waals surface area (Å²) in [5.41, 5.74) is 0. The minimum Gasteiger partial charge on any atom is -0.329 e. The Labute approximate surface area is 91.8 Å². The topological polar surface area (TPSA) is 51.0 Å². The fourth-order valence-corrected chi connectivity index (χ4v) is 3.82. The van der Waals surface area contributed by atoms with Gasteiger partial charge < -0.3 is 4.90 Å². The van der Waals surface area contributed by atoms with Gasteiger partial charge in [0.05, 0.1) is 29.3 Å². The van der Waals surface area contributed by atoms with Crippen LogP contribution in [0.5, 0.6) is 0 Å². The number of aromatic nitrogens is 3. The van der Waals surface area contributed by atoms with Gasteiger partial charge in [-0.25, -0.2) is 0 Å². The van der Waals surface area contributed by atoms with Crippen LogP contribution in [0, 0.1) is 0 Å². The van der Waals surface area contributed by atoms with Gasteiger partial charge >= 0.3 is 0 Å². The highest BCUT2D eigenvalue weighted by molar-refractivity contribution is 8.01. The van der Waals surface area contributed by atoms with Gasteiger partial charge in [0.25, 0.3) is 0 Å². The molecule has 2 aliphatic heterocycles. The Bertz CT molecular complexity index is 393. The van der Waals surface area contributed by atoms with E-state index in [0.29, 0.717) is 11.8 Å². The molecule has 2 atom stereocenters. The van der Waals surface area contributed by atoms with Crippen LogP contribution in [0.25, 0.3) is 0 Å². The second-order valence-corrected chi connectivity index (χ2v) is 6.11. The third-order valence-electron chi connectivity index (χ3n) is 2.91. The molecule has 0 bridgehead atoms. The zero-order chi connectivity index (χ0) is 10.5. The summed E-state index contributed by atoms with van der Waals surface area (Å²) in [6.45, 7) is 3.84. The molecule has 1 amide bonds. The lowest BCUT2D eigenvalue weighted by Gasteiger charge is -2.32. The third-order valence-corrected chi connectivity index (χ3v) is 4.43. The van der Waals surface area contributed by atoms with E-state index >= 15 is 0 Å². The lowest BCUT2D eigenvalue weighted by molar-refractivity contribution is -0.140. The highest BCUT2D eigenvalue weighted by Crippen LogP contribution is 2.46. The Kier molecular flexibility index (Phi) is 1.83. The molecule has 3 rings (SSSR count). The maximum atomic E-state index is 11.3. The lowest BCUT2D eigenvalue weighted by atomic mass is 10.1. The number of amides is 1. The molecular weight excluding hydrogens is 212 g/mol. The highest BCUT2D eigenvalue weighted by Gasteiger charge is 2.50. The van der Waals surface area contributed by atoms with Gasteiger partial charge in [-0.15, -0.1) is 16.9 Å².